The van der Waals surface area contributed by atoms with Gasteiger partial charge in [-0.15, -0.1) is 0 Å². The topological polar surface area (TPSA) is 67.0 Å². The van der Waals surface area contributed by atoms with Gasteiger partial charge in [-0.25, -0.2) is 13.6 Å². The van der Waals surface area contributed by atoms with Crippen LogP contribution in [0, 0.1) is 11.6 Å². The monoisotopic (exact) mass is 491 g/mol. The Morgan fingerprint density at radius 1 is 0.811 bits per heavy atom. The zero-order valence-corrected chi connectivity index (χ0v) is 19.4. The zero-order valence-electron chi connectivity index (χ0n) is 19.4. The summed E-state index contributed by atoms with van der Waals surface area (Å²) in [6.07, 6.45) is 1.77. The maximum absolute atomic E-state index is 13.6. The summed E-state index contributed by atoms with van der Waals surface area (Å²) in [5, 5.41) is 11.5. The number of H-pyrrole nitrogens is 1. The molecule has 2 N–H and O–H groups in total. The molecule has 0 aliphatic carbocycles. The molecule has 7 rings (SSSR count). The van der Waals surface area contributed by atoms with Crippen molar-refractivity contribution in [3.63, 3.8) is 0 Å². The van der Waals surface area contributed by atoms with Gasteiger partial charge in [-0.3, -0.25) is 5.10 Å². The number of aromatic amines is 1. The highest BCUT2D eigenvalue weighted by Crippen LogP contribution is 2.45. The minimum absolute atomic E-state index is 0.227. The summed E-state index contributed by atoms with van der Waals surface area (Å²) in [7, 11) is 0. The molecule has 0 radical (unpaired) electrons. The van der Waals surface area contributed by atoms with Gasteiger partial charge in [0.25, 0.3) is 0 Å². The molecule has 0 spiro atoms. The molecule has 180 valence electrons. The van der Waals surface area contributed by atoms with E-state index < -0.39 is 11.6 Å². The number of esters is 1. The first-order valence-corrected chi connectivity index (χ1v) is 11.8. The van der Waals surface area contributed by atoms with Gasteiger partial charge in [0.1, 0.15) is 18.2 Å². The minimum Gasteiger partial charge on any atom is -0.456 e. The van der Waals surface area contributed by atoms with Crippen molar-refractivity contribution < 1.29 is 18.3 Å². The van der Waals surface area contributed by atoms with Gasteiger partial charge in [-0.2, -0.15) is 5.10 Å². The molecule has 0 saturated carbocycles. The molecule has 0 saturated heterocycles. The number of benzene rings is 4. The van der Waals surface area contributed by atoms with E-state index in [4.69, 9.17) is 4.74 Å². The number of carbonyl (C=O) groups excluding carboxylic acids is 1. The molecule has 1 unspecified atom stereocenters. The Hall–Kier alpha value is -4.78. The van der Waals surface area contributed by atoms with Crippen LogP contribution < -0.4 is 5.32 Å². The van der Waals surface area contributed by atoms with E-state index in [1.165, 1.54) is 12.1 Å². The van der Waals surface area contributed by atoms with Crippen molar-refractivity contribution in [1.29, 1.82) is 0 Å². The average Bonchev–Trinajstić information content (AvgIpc) is 3.51. The second kappa shape index (κ2) is 8.13. The van der Waals surface area contributed by atoms with Crippen molar-refractivity contribution in [1.82, 2.24) is 10.2 Å². The normalized spacial score (nSPS) is 16.4. The first kappa shape index (κ1) is 21.5. The fraction of sp³-hybridized carbons (Fsp3) is 0.0667. The summed E-state index contributed by atoms with van der Waals surface area (Å²) in [6.45, 7) is 0.227. The number of halogens is 2. The Morgan fingerprint density at radius 2 is 1.46 bits per heavy atom. The second-order valence-electron chi connectivity index (χ2n) is 9.28. The highest BCUT2D eigenvalue weighted by atomic mass is 19.1. The van der Waals surface area contributed by atoms with Crippen molar-refractivity contribution in [3.8, 4) is 22.3 Å². The van der Waals surface area contributed by atoms with Crippen molar-refractivity contribution in [2.45, 2.75) is 5.92 Å². The molecule has 3 heterocycles. The molecule has 5 nitrogen and oxygen atoms in total. The summed E-state index contributed by atoms with van der Waals surface area (Å²) in [5.74, 6) is -1.78. The van der Waals surface area contributed by atoms with Crippen LogP contribution in [0.25, 0.3) is 33.2 Å². The number of hydrogen-bond acceptors (Lipinski definition) is 4. The maximum Gasteiger partial charge on any atom is 0.337 e. The number of aromatic nitrogens is 2. The van der Waals surface area contributed by atoms with Crippen LogP contribution in [-0.4, -0.2) is 22.8 Å². The lowest BCUT2D eigenvalue weighted by Gasteiger charge is -2.27. The molecule has 1 aromatic heterocycles. The molecule has 2 aliphatic rings. The largest absolute Gasteiger partial charge is 0.456 e. The predicted molar refractivity (Wildman–Crippen MR) is 137 cm³/mol. The lowest BCUT2D eigenvalue weighted by atomic mass is 9.80. The molecule has 4 aromatic carbocycles. The number of nitrogens with zero attached hydrogens (tertiary/aromatic N) is 1. The number of fused-ring (bicyclic) bond motifs is 2. The van der Waals surface area contributed by atoms with E-state index in [-0.39, 0.29) is 18.5 Å². The van der Waals surface area contributed by atoms with Gasteiger partial charge in [0, 0.05) is 23.1 Å². The molecule has 0 amide bonds. The Kier molecular flexibility index (Phi) is 4.72. The molecule has 2 aliphatic heterocycles. The number of nitrogens with one attached hydrogen (secondary N) is 2. The van der Waals surface area contributed by atoms with E-state index >= 15 is 0 Å². The van der Waals surface area contributed by atoms with E-state index in [1.54, 1.807) is 6.20 Å². The lowest BCUT2D eigenvalue weighted by molar-refractivity contribution is -0.136. The van der Waals surface area contributed by atoms with E-state index in [2.05, 4.69) is 21.6 Å². The standard InChI is InChI=1S/C30H19F2N3O2/c31-22-9-20(10-23(32)12-22)18-3-1-16(2-4-18)17-5-7-19(8-6-17)28-24-11-21-14-33-35-25(21)13-26(24)34-27-15-37-30(36)29(27)28/h1-14,28,34H,15H2,(H,33,35). The van der Waals surface area contributed by atoms with Crippen molar-refractivity contribution in [2.24, 2.45) is 0 Å². The smallest absolute Gasteiger partial charge is 0.337 e. The van der Waals surface area contributed by atoms with Crippen molar-refractivity contribution in [3.05, 3.63) is 119 Å². The maximum atomic E-state index is 13.6. The quantitative estimate of drug-likeness (QED) is 0.281. The van der Waals surface area contributed by atoms with Gasteiger partial charge in [0.2, 0.25) is 0 Å². The van der Waals surface area contributed by atoms with Gasteiger partial charge in [0.05, 0.1) is 23.0 Å². The Labute approximate surface area is 210 Å². The van der Waals surface area contributed by atoms with Crippen molar-refractivity contribution >= 4 is 22.6 Å². The van der Waals surface area contributed by atoms with Crippen LogP contribution in [0.2, 0.25) is 0 Å². The first-order valence-electron chi connectivity index (χ1n) is 11.8. The SMILES string of the molecule is O=C1OCC2=C1C(c1ccc(-c3ccc(-c4cc(F)cc(F)c4)cc3)cc1)c1cc3cn[nH]c3cc1N2. The lowest BCUT2D eigenvalue weighted by Crippen LogP contribution is -2.19. The van der Waals surface area contributed by atoms with Gasteiger partial charge >= 0.3 is 5.97 Å². The highest BCUT2D eigenvalue weighted by Gasteiger charge is 2.38. The number of hydrogen-bond donors (Lipinski definition) is 2. The summed E-state index contributed by atoms with van der Waals surface area (Å²) in [5.41, 5.74) is 8.41. The first-order chi connectivity index (χ1) is 18.0. The third kappa shape index (κ3) is 3.59. The summed E-state index contributed by atoms with van der Waals surface area (Å²) >= 11 is 0. The van der Waals surface area contributed by atoms with Gasteiger partial charge in [-0.1, -0.05) is 48.5 Å². The molecule has 1 atom stereocenters. The fourth-order valence-electron chi connectivity index (χ4n) is 5.28. The summed E-state index contributed by atoms with van der Waals surface area (Å²) in [4.78, 5) is 12.7. The predicted octanol–water partition coefficient (Wildman–Crippen LogP) is 6.54. The van der Waals surface area contributed by atoms with Crippen molar-refractivity contribution in [2.75, 3.05) is 11.9 Å². The second-order valence-corrected chi connectivity index (χ2v) is 9.28. The third-order valence-electron chi connectivity index (χ3n) is 7.05. The number of ether oxygens (including phenoxy) is 1. The Bertz CT molecular complexity index is 1720. The summed E-state index contributed by atoms with van der Waals surface area (Å²) in [6, 6.07) is 23.2. The fourth-order valence-corrected chi connectivity index (χ4v) is 5.28. The van der Waals surface area contributed by atoms with Crippen LogP contribution in [0.3, 0.4) is 0 Å². The van der Waals surface area contributed by atoms with Crippen LogP contribution in [0.15, 0.2) is 96.3 Å². The average molecular weight is 491 g/mol. The van der Waals surface area contributed by atoms with Crippen LogP contribution in [0.4, 0.5) is 14.5 Å². The minimum atomic E-state index is -0.605. The van der Waals surface area contributed by atoms with E-state index in [0.717, 1.165) is 56.2 Å². The van der Waals surface area contributed by atoms with E-state index in [0.29, 0.717) is 11.1 Å². The molecular weight excluding hydrogens is 472 g/mol. The van der Waals surface area contributed by atoms with Crippen LogP contribution in [0.5, 0.6) is 0 Å². The van der Waals surface area contributed by atoms with E-state index in [1.807, 2.05) is 54.6 Å². The van der Waals surface area contributed by atoms with Crippen LogP contribution in [0.1, 0.15) is 17.0 Å². The zero-order chi connectivity index (χ0) is 25.1. The number of anilines is 1. The molecular formula is C30H19F2N3O2. The number of carbonyl (C=O) groups is 1. The molecule has 0 bridgehead atoms. The van der Waals surface area contributed by atoms with E-state index in [9.17, 15) is 13.6 Å². The number of cyclic esters (lactones) is 1. The Morgan fingerprint density at radius 3 is 2.16 bits per heavy atom. The third-order valence-corrected chi connectivity index (χ3v) is 7.05. The molecule has 0 fully saturated rings. The van der Waals surface area contributed by atoms with Gasteiger partial charge in [0.15, 0.2) is 0 Å². The summed E-state index contributed by atoms with van der Waals surface area (Å²) < 4.78 is 32.6. The van der Waals surface area contributed by atoms with Crippen LogP contribution >= 0.6 is 0 Å². The molecule has 7 heteroatoms. The highest BCUT2D eigenvalue weighted by molar-refractivity contribution is 5.98. The molecule has 37 heavy (non-hydrogen) atoms. The number of rotatable bonds is 3. The Balaban J connectivity index is 1.25. The van der Waals surface area contributed by atoms with Crippen LogP contribution in [-0.2, 0) is 9.53 Å². The van der Waals surface area contributed by atoms with Gasteiger partial charge in [-0.05, 0) is 57.6 Å². The molecule has 5 aromatic rings. The van der Waals surface area contributed by atoms with Gasteiger partial charge < -0.3 is 10.1 Å².